The SMILES string of the molecule is Cc1cc(C)c(C(=O)NC(Cc2ccc(-c3c[nH]c(CNc4ncc[nH]4)n3)cc2)C(=O)O)c(C)c1. The molecule has 2 heterocycles. The second kappa shape index (κ2) is 10.3. The monoisotopic (exact) mass is 472 g/mol. The van der Waals surface area contributed by atoms with Crippen molar-refractivity contribution >= 4 is 17.8 Å². The molecule has 9 heteroatoms. The van der Waals surface area contributed by atoms with E-state index < -0.39 is 12.0 Å². The highest BCUT2D eigenvalue weighted by Gasteiger charge is 2.23. The third kappa shape index (κ3) is 5.75. The Morgan fingerprint density at radius 1 is 1.06 bits per heavy atom. The molecule has 0 saturated carbocycles. The molecule has 0 fully saturated rings. The quantitative estimate of drug-likeness (QED) is 0.252. The van der Waals surface area contributed by atoms with Crippen LogP contribution >= 0.6 is 0 Å². The van der Waals surface area contributed by atoms with Crippen LogP contribution < -0.4 is 10.6 Å². The van der Waals surface area contributed by atoms with Crippen molar-refractivity contribution in [3.63, 3.8) is 0 Å². The first-order valence-electron chi connectivity index (χ1n) is 11.3. The van der Waals surface area contributed by atoms with Crippen molar-refractivity contribution in [1.82, 2.24) is 25.3 Å². The molecular weight excluding hydrogens is 444 g/mol. The van der Waals surface area contributed by atoms with Gasteiger partial charge in [0.25, 0.3) is 5.91 Å². The molecule has 1 unspecified atom stereocenters. The van der Waals surface area contributed by atoms with Crippen LogP contribution in [0.3, 0.4) is 0 Å². The maximum Gasteiger partial charge on any atom is 0.326 e. The Morgan fingerprint density at radius 3 is 2.40 bits per heavy atom. The van der Waals surface area contributed by atoms with Crippen molar-refractivity contribution in [3.8, 4) is 11.3 Å². The lowest BCUT2D eigenvalue weighted by Crippen LogP contribution is -2.42. The molecule has 2 aromatic carbocycles. The molecule has 4 aromatic rings. The lowest BCUT2D eigenvalue weighted by Gasteiger charge is -2.17. The van der Waals surface area contributed by atoms with Crippen molar-refractivity contribution in [3.05, 3.63) is 88.6 Å². The molecule has 0 aliphatic heterocycles. The summed E-state index contributed by atoms with van der Waals surface area (Å²) in [5.41, 5.74) is 5.71. The maximum atomic E-state index is 12.9. The lowest BCUT2D eigenvalue weighted by atomic mass is 9.98. The van der Waals surface area contributed by atoms with Gasteiger partial charge in [0.2, 0.25) is 0 Å². The van der Waals surface area contributed by atoms with Crippen molar-refractivity contribution in [2.75, 3.05) is 5.32 Å². The number of imidazole rings is 2. The zero-order valence-corrected chi connectivity index (χ0v) is 19.8. The molecule has 9 nitrogen and oxygen atoms in total. The highest BCUT2D eigenvalue weighted by Crippen LogP contribution is 2.20. The van der Waals surface area contributed by atoms with Crippen LogP contribution in [0.4, 0.5) is 5.95 Å². The molecule has 1 amide bonds. The molecule has 1 atom stereocenters. The summed E-state index contributed by atoms with van der Waals surface area (Å²) < 4.78 is 0. The summed E-state index contributed by atoms with van der Waals surface area (Å²) in [6, 6.07) is 10.3. The van der Waals surface area contributed by atoms with Crippen LogP contribution in [0.1, 0.15) is 38.4 Å². The number of carbonyl (C=O) groups is 2. The molecule has 0 aliphatic carbocycles. The van der Waals surface area contributed by atoms with Gasteiger partial charge in [0, 0.05) is 36.1 Å². The van der Waals surface area contributed by atoms with Crippen LogP contribution in [-0.2, 0) is 17.8 Å². The third-order valence-corrected chi connectivity index (χ3v) is 5.75. The summed E-state index contributed by atoms with van der Waals surface area (Å²) in [6.07, 6.45) is 5.40. The number of aliphatic carboxylic acids is 1. The van der Waals surface area contributed by atoms with E-state index in [0.29, 0.717) is 18.1 Å². The number of nitrogens with zero attached hydrogens (tertiary/aromatic N) is 2. The predicted octanol–water partition coefficient (Wildman–Crippen LogP) is 3.76. The van der Waals surface area contributed by atoms with Crippen molar-refractivity contribution in [2.24, 2.45) is 0 Å². The van der Waals surface area contributed by atoms with E-state index in [1.54, 1.807) is 12.4 Å². The predicted molar refractivity (Wildman–Crippen MR) is 133 cm³/mol. The molecule has 4 rings (SSSR count). The summed E-state index contributed by atoms with van der Waals surface area (Å²) in [5.74, 6) is -0.0297. The van der Waals surface area contributed by atoms with Crippen LogP contribution in [0.2, 0.25) is 0 Å². The normalized spacial score (nSPS) is 11.7. The molecule has 0 bridgehead atoms. The Morgan fingerprint density at radius 2 is 1.77 bits per heavy atom. The maximum absolute atomic E-state index is 12.9. The molecule has 0 radical (unpaired) electrons. The fourth-order valence-electron chi connectivity index (χ4n) is 4.15. The van der Waals surface area contributed by atoms with Crippen LogP contribution in [-0.4, -0.2) is 43.0 Å². The number of carboxylic acids is 1. The largest absolute Gasteiger partial charge is 0.480 e. The number of carboxylic acid groups (broad SMARTS) is 1. The molecule has 180 valence electrons. The summed E-state index contributed by atoms with van der Waals surface area (Å²) in [6.45, 7) is 6.17. The molecule has 0 aliphatic rings. The van der Waals surface area contributed by atoms with Gasteiger partial charge in [0.15, 0.2) is 5.95 Å². The zero-order valence-electron chi connectivity index (χ0n) is 19.8. The van der Waals surface area contributed by atoms with Gasteiger partial charge in [0.05, 0.1) is 12.2 Å². The van der Waals surface area contributed by atoms with Crippen LogP contribution in [0, 0.1) is 20.8 Å². The zero-order chi connectivity index (χ0) is 24.9. The molecule has 0 spiro atoms. The fourth-order valence-corrected chi connectivity index (χ4v) is 4.15. The van der Waals surface area contributed by atoms with E-state index in [1.165, 1.54) is 0 Å². The number of anilines is 1. The van der Waals surface area contributed by atoms with Gasteiger partial charge in [-0.1, -0.05) is 42.0 Å². The Labute approximate surface area is 203 Å². The minimum atomic E-state index is -1.08. The number of hydrogen-bond donors (Lipinski definition) is 5. The van der Waals surface area contributed by atoms with Crippen molar-refractivity contribution in [1.29, 1.82) is 0 Å². The first-order valence-corrected chi connectivity index (χ1v) is 11.3. The molecule has 0 saturated heterocycles. The number of nitrogens with one attached hydrogen (secondary N) is 4. The van der Waals surface area contributed by atoms with E-state index in [9.17, 15) is 14.7 Å². The van der Waals surface area contributed by atoms with Crippen LogP contribution in [0.5, 0.6) is 0 Å². The van der Waals surface area contributed by atoms with E-state index in [2.05, 4.69) is 30.6 Å². The number of rotatable bonds is 9. The number of carbonyl (C=O) groups excluding carboxylic acids is 1. The minimum Gasteiger partial charge on any atom is -0.480 e. The van der Waals surface area contributed by atoms with Crippen LogP contribution in [0.15, 0.2) is 55.0 Å². The van der Waals surface area contributed by atoms with E-state index in [-0.39, 0.29) is 12.3 Å². The fraction of sp³-hybridized carbons (Fsp3) is 0.231. The average Bonchev–Trinajstić information content (AvgIpc) is 3.49. The summed E-state index contributed by atoms with van der Waals surface area (Å²) in [5, 5.41) is 15.5. The number of benzene rings is 2. The van der Waals surface area contributed by atoms with Gasteiger partial charge < -0.3 is 25.7 Å². The minimum absolute atomic E-state index is 0.171. The first kappa shape index (κ1) is 23.7. The second-order valence-corrected chi connectivity index (χ2v) is 8.56. The summed E-state index contributed by atoms with van der Waals surface area (Å²) in [7, 11) is 0. The summed E-state index contributed by atoms with van der Waals surface area (Å²) in [4.78, 5) is 39.6. The van der Waals surface area contributed by atoms with Crippen LogP contribution in [0.25, 0.3) is 11.3 Å². The van der Waals surface area contributed by atoms with Gasteiger partial charge >= 0.3 is 5.97 Å². The second-order valence-electron chi connectivity index (χ2n) is 8.56. The Balaban J connectivity index is 1.41. The van der Waals surface area contributed by atoms with E-state index in [0.717, 1.165) is 39.3 Å². The number of aromatic nitrogens is 4. The number of amides is 1. The van der Waals surface area contributed by atoms with Crippen molar-refractivity contribution < 1.29 is 14.7 Å². The number of aryl methyl sites for hydroxylation is 3. The first-order chi connectivity index (χ1) is 16.8. The third-order valence-electron chi connectivity index (χ3n) is 5.75. The number of aromatic amines is 2. The van der Waals surface area contributed by atoms with Crippen molar-refractivity contribution in [2.45, 2.75) is 39.8 Å². The lowest BCUT2D eigenvalue weighted by molar-refractivity contribution is -0.139. The smallest absolute Gasteiger partial charge is 0.326 e. The highest BCUT2D eigenvalue weighted by molar-refractivity contribution is 5.99. The standard InChI is InChI=1S/C26H28N6O3/c1-15-10-16(2)23(17(3)11-15)24(33)32-20(25(34)35)12-18-4-6-19(7-5-18)21-13-29-22(31-21)14-30-26-27-8-9-28-26/h4-11,13,20H,12,14H2,1-3H3,(H,29,31)(H,32,33)(H,34,35)(H2,27,28,30). The topological polar surface area (TPSA) is 136 Å². The van der Waals surface area contributed by atoms with Gasteiger partial charge in [0.1, 0.15) is 11.9 Å². The Bertz CT molecular complexity index is 1300. The van der Waals surface area contributed by atoms with E-state index in [1.807, 2.05) is 63.4 Å². The summed E-state index contributed by atoms with van der Waals surface area (Å²) >= 11 is 0. The molecular formula is C26H28N6O3. The van der Waals surface area contributed by atoms with E-state index >= 15 is 0 Å². The van der Waals surface area contributed by atoms with Gasteiger partial charge in [-0.2, -0.15) is 0 Å². The number of hydrogen-bond acceptors (Lipinski definition) is 5. The van der Waals surface area contributed by atoms with Gasteiger partial charge in [-0.05, 0) is 37.5 Å². The average molecular weight is 473 g/mol. The van der Waals surface area contributed by atoms with Gasteiger partial charge in [-0.25, -0.2) is 14.8 Å². The Hall–Kier alpha value is -4.40. The van der Waals surface area contributed by atoms with Gasteiger partial charge in [-0.15, -0.1) is 0 Å². The Kier molecular flexibility index (Phi) is 6.96. The van der Waals surface area contributed by atoms with Gasteiger partial charge in [-0.3, -0.25) is 4.79 Å². The van der Waals surface area contributed by atoms with E-state index in [4.69, 9.17) is 0 Å². The highest BCUT2D eigenvalue weighted by atomic mass is 16.4. The molecule has 5 N–H and O–H groups in total. The molecule has 2 aromatic heterocycles. The number of H-pyrrole nitrogens is 2. The molecule has 35 heavy (non-hydrogen) atoms.